The molecule has 2 atom stereocenters. The van der Waals surface area contributed by atoms with Gasteiger partial charge in [0.1, 0.15) is 0 Å². The van der Waals surface area contributed by atoms with Crippen LogP contribution in [0.2, 0.25) is 0 Å². The second-order valence-corrected chi connectivity index (χ2v) is 6.47. The smallest absolute Gasteiger partial charge is 0.0767 e. The molecule has 2 heterocycles. The van der Waals surface area contributed by atoms with E-state index in [0.29, 0.717) is 5.92 Å². The zero-order chi connectivity index (χ0) is 14.0. The molecule has 0 bridgehead atoms. The number of aromatic nitrogens is 2. The van der Waals surface area contributed by atoms with Crippen molar-refractivity contribution in [3.8, 4) is 0 Å². The van der Waals surface area contributed by atoms with E-state index >= 15 is 0 Å². The highest BCUT2D eigenvalue weighted by Crippen LogP contribution is 2.27. The summed E-state index contributed by atoms with van der Waals surface area (Å²) in [6, 6.07) is 0. The summed E-state index contributed by atoms with van der Waals surface area (Å²) in [7, 11) is 2.03. The molecule has 1 aliphatic heterocycles. The van der Waals surface area contributed by atoms with Gasteiger partial charge in [-0.3, -0.25) is 9.58 Å². The van der Waals surface area contributed by atoms with E-state index in [9.17, 15) is 0 Å². The van der Waals surface area contributed by atoms with Crippen LogP contribution >= 0.6 is 15.9 Å². The minimum Gasteiger partial charge on any atom is -0.330 e. The molecule has 1 fully saturated rings. The van der Waals surface area contributed by atoms with E-state index in [2.05, 4.69) is 39.8 Å². The number of rotatable bonds is 4. The molecule has 0 aromatic carbocycles. The second-order valence-electron chi connectivity index (χ2n) is 5.68. The molecule has 0 spiro atoms. The highest BCUT2D eigenvalue weighted by atomic mass is 79.9. The van der Waals surface area contributed by atoms with E-state index in [1.54, 1.807) is 0 Å². The van der Waals surface area contributed by atoms with Crippen molar-refractivity contribution < 1.29 is 0 Å². The molecule has 1 aliphatic rings. The first-order chi connectivity index (χ1) is 9.06. The standard InChI is InChI=1S/C14H25BrN4/c1-4-12-14(15)13(18(3)17-12)9-19-6-5-10(2)11(7-16)8-19/h10-11H,4-9,16H2,1-3H3. The molecule has 19 heavy (non-hydrogen) atoms. The van der Waals surface area contributed by atoms with Gasteiger partial charge in [-0.05, 0) is 53.7 Å². The molecule has 2 unspecified atom stereocenters. The van der Waals surface area contributed by atoms with Crippen molar-refractivity contribution in [3.05, 3.63) is 15.9 Å². The maximum absolute atomic E-state index is 5.88. The van der Waals surface area contributed by atoms with Crippen LogP contribution in [-0.2, 0) is 20.0 Å². The van der Waals surface area contributed by atoms with Crippen molar-refractivity contribution >= 4 is 15.9 Å². The quantitative estimate of drug-likeness (QED) is 0.921. The van der Waals surface area contributed by atoms with Gasteiger partial charge in [-0.15, -0.1) is 0 Å². The second kappa shape index (κ2) is 6.37. The summed E-state index contributed by atoms with van der Waals surface area (Å²) >= 11 is 3.70. The van der Waals surface area contributed by atoms with Crippen LogP contribution in [0.15, 0.2) is 4.47 Å². The number of nitrogens with zero attached hydrogens (tertiary/aromatic N) is 3. The Morgan fingerprint density at radius 1 is 1.47 bits per heavy atom. The molecule has 5 heteroatoms. The number of hydrogen-bond donors (Lipinski definition) is 1. The molecular formula is C14H25BrN4. The lowest BCUT2D eigenvalue weighted by atomic mass is 9.87. The Morgan fingerprint density at radius 3 is 2.79 bits per heavy atom. The van der Waals surface area contributed by atoms with Crippen molar-refractivity contribution in [3.63, 3.8) is 0 Å². The maximum Gasteiger partial charge on any atom is 0.0767 e. The molecule has 4 nitrogen and oxygen atoms in total. The molecule has 108 valence electrons. The van der Waals surface area contributed by atoms with Crippen LogP contribution in [0, 0.1) is 11.8 Å². The Balaban J connectivity index is 2.07. The van der Waals surface area contributed by atoms with Crippen molar-refractivity contribution in [2.24, 2.45) is 24.6 Å². The molecule has 0 amide bonds. The lowest BCUT2D eigenvalue weighted by molar-refractivity contribution is 0.123. The summed E-state index contributed by atoms with van der Waals surface area (Å²) in [6.07, 6.45) is 2.22. The molecule has 0 aliphatic carbocycles. The fraction of sp³-hybridized carbons (Fsp3) is 0.786. The Bertz CT molecular complexity index is 429. The van der Waals surface area contributed by atoms with Crippen molar-refractivity contribution in [1.29, 1.82) is 0 Å². The number of likely N-dealkylation sites (tertiary alicyclic amines) is 1. The van der Waals surface area contributed by atoms with Crippen molar-refractivity contribution in [1.82, 2.24) is 14.7 Å². The average molecular weight is 329 g/mol. The van der Waals surface area contributed by atoms with Gasteiger partial charge < -0.3 is 5.73 Å². The Kier molecular flexibility index (Phi) is 5.03. The normalized spacial score (nSPS) is 24.9. The minimum absolute atomic E-state index is 0.631. The van der Waals surface area contributed by atoms with Gasteiger partial charge in [0, 0.05) is 20.1 Å². The van der Waals surface area contributed by atoms with Crippen LogP contribution in [0.25, 0.3) is 0 Å². The number of halogens is 1. The monoisotopic (exact) mass is 328 g/mol. The van der Waals surface area contributed by atoms with E-state index in [1.165, 1.54) is 16.6 Å². The number of nitrogens with two attached hydrogens (primary N) is 1. The van der Waals surface area contributed by atoms with Crippen LogP contribution in [0.5, 0.6) is 0 Å². The zero-order valence-corrected chi connectivity index (χ0v) is 13.8. The molecule has 2 rings (SSSR count). The summed E-state index contributed by atoms with van der Waals surface area (Å²) < 4.78 is 3.19. The molecule has 2 N–H and O–H groups in total. The summed E-state index contributed by atoms with van der Waals surface area (Å²) in [5, 5.41) is 4.57. The third-order valence-electron chi connectivity index (χ3n) is 4.38. The first-order valence-electron chi connectivity index (χ1n) is 7.19. The maximum atomic E-state index is 5.88. The fourth-order valence-corrected chi connectivity index (χ4v) is 3.62. The largest absolute Gasteiger partial charge is 0.330 e. The molecule has 0 radical (unpaired) electrons. The van der Waals surface area contributed by atoms with Crippen LogP contribution in [0.1, 0.15) is 31.7 Å². The lowest BCUT2D eigenvalue weighted by Gasteiger charge is -2.36. The molecule has 1 saturated heterocycles. The van der Waals surface area contributed by atoms with Gasteiger partial charge >= 0.3 is 0 Å². The van der Waals surface area contributed by atoms with Crippen LogP contribution in [0.4, 0.5) is 0 Å². The van der Waals surface area contributed by atoms with Crippen molar-refractivity contribution in [2.75, 3.05) is 19.6 Å². The number of hydrogen-bond acceptors (Lipinski definition) is 3. The summed E-state index contributed by atoms with van der Waals surface area (Å²) in [5.74, 6) is 1.38. The zero-order valence-electron chi connectivity index (χ0n) is 12.2. The number of aryl methyl sites for hydroxylation is 2. The Labute approximate surface area is 124 Å². The Hall–Kier alpha value is -0.390. The highest BCUT2D eigenvalue weighted by molar-refractivity contribution is 9.10. The van der Waals surface area contributed by atoms with Gasteiger partial charge in [-0.1, -0.05) is 13.8 Å². The van der Waals surface area contributed by atoms with Crippen LogP contribution in [-0.4, -0.2) is 34.3 Å². The van der Waals surface area contributed by atoms with E-state index in [1.807, 2.05) is 11.7 Å². The average Bonchev–Trinajstić information content (AvgIpc) is 2.68. The van der Waals surface area contributed by atoms with Gasteiger partial charge in [0.15, 0.2) is 0 Å². The molecular weight excluding hydrogens is 304 g/mol. The van der Waals surface area contributed by atoms with Gasteiger partial charge in [-0.2, -0.15) is 5.10 Å². The molecule has 1 aromatic rings. The first-order valence-corrected chi connectivity index (χ1v) is 7.98. The predicted octanol–water partition coefficient (Wildman–Crippen LogP) is 2.16. The van der Waals surface area contributed by atoms with Gasteiger partial charge in [-0.25, -0.2) is 0 Å². The summed E-state index contributed by atoms with van der Waals surface area (Å²) in [6.45, 7) is 8.50. The van der Waals surface area contributed by atoms with Crippen molar-refractivity contribution in [2.45, 2.75) is 33.2 Å². The summed E-state index contributed by atoms with van der Waals surface area (Å²) in [4.78, 5) is 2.51. The van der Waals surface area contributed by atoms with Gasteiger partial charge in [0.25, 0.3) is 0 Å². The predicted molar refractivity (Wildman–Crippen MR) is 81.9 cm³/mol. The van der Waals surface area contributed by atoms with E-state index in [0.717, 1.165) is 44.2 Å². The minimum atomic E-state index is 0.631. The van der Waals surface area contributed by atoms with Gasteiger partial charge in [0.2, 0.25) is 0 Å². The van der Waals surface area contributed by atoms with E-state index in [-0.39, 0.29) is 0 Å². The van der Waals surface area contributed by atoms with Crippen LogP contribution in [0.3, 0.4) is 0 Å². The highest BCUT2D eigenvalue weighted by Gasteiger charge is 2.26. The topological polar surface area (TPSA) is 47.1 Å². The lowest BCUT2D eigenvalue weighted by Crippen LogP contribution is -2.42. The molecule has 1 aromatic heterocycles. The third-order valence-corrected chi connectivity index (χ3v) is 5.29. The summed E-state index contributed by atoms with van der Waals surface area (Å²) in [5.41, 5.74) is 8.31. The first kappa shape index (κ1) is 15.0. The SMILES string of the molecule is CCc1nn(C)c(CN2CCC(C)C(CN)C2)c1Br. The third kappa shape index (κ3) is 3.20. The van der Waals surface area contributed by atoms with Crippen LogP contribution < -0.4 is 5.73 Å². The van der Waals surface area contributed by atoms with E-state index < -0.39 is 0 Å². The fourth-order valence-electron chi connectivity index (χ4n) is 2.88. The molecule has 0 saturated carbocycles. The van der Waals surface area contributed by atoms with Gasteiger partial charge in [0.05, 0.1) is 15.9 Å². The number of piperidine rings is 1. The van der Waals surface area contributed by atoms with E-state index in [4.69, 9.17) is 5.73 Å². The Morgan fingerprint density at radius 2 is 2.21 bits per heavy atom.